The van der Waals surface area contributed by atoms with E-state index in [1.807, 2.05) is 18.2 Å². The minimum absolute atomic E-state index is 0.0767. The molecule has 3 rings (SSSR count). The molecule has 1 aromatic carbocycles. The smallest absolute Gasteiger partial charge is 0.251 e. The van der Waals surface area contributed by atoms with Gasteiger partial charge in [0.1, 0.15) is 0 Å². The number of fused-ring (bicyclic) bond motifs is 1. The van der Waals surface area contributed by atoms with E-state index in [-0.39, 0.29) is 11.8 Å². The standard InChI is InChI=1S/C13H14N2O3/c14-10-2-1-3-11-9(10)4-5-12(16)15(11)8-13-17-6-7-18-13/h1-5,13H,6-8,14H2. The SMILES string of the molecule is Nc1cccc2c1ccc(=O)n2CC1OCCO1. The van der Waals surface area contributed by atoms with Crippen LogP contribution in [0, 0.1) is 0 Å². The Labute approximate surface area is 104 Å². The maximum Gasteiger partial charge on any atom is 0.251 e. The molecule has 0 unspecified atom stereocenters. The highest BCUT2D eigenvalue weighted by molar-refractivity contribution is 5.90. The second kappa shape index (κ2) is 4.44. The van der Waals surface area contributed by atoms with Gasteiger partial charge in [-0.25, -0.2) is 0 Å². The van der Waals surface area contributed by atoms with Crippen LogP contribution >= 0.6 is 0 Å². The summed E-state index contributed by atoms with van der Waals surface area (Å²) in [6.07, 6.45) is -0.352. The summed E-state index contributed by atoms with van der Waals surface area (Å²) in [7, 11) is 0. The first-order valence-corrected chi connectivity index (χ1v) is 5.87. The van der Waals surface area contributed by atoms with Gasteiger partial charge in [0.25, 0.3) is 5.56 Å². The average Bonchev–Trinajstić information content (AvgIpc) is 2.86. The van der Waals surface area contributed by atoms with Crippen molar-refractivity contribution in [2.24, 2.45) is 0 Å². The van der Waals surface area contributed by atoms with E-state index in [4.69, 9.17) is 15.2 Å². The molecule has 1 saturated heterocycles. The Morgan fingerprint density at radius 3 is 2.78 bits per heavy atom. The minimum Gasteiger partial charge on any atom is -0.398 e. The van der Waals surface area contributed by atoms with E-state index in [1.54, 1.807) is 10.6 Å². The lowest BCUT2D eigenvalue weighted by Gasteiger charge is -2.14. The third kappa shape index (κ3) is 1.87. The normalized spacial score (nSPS) is 16.4. The molecule has 0 atom stereocenters. The molecule has 2 N–H and O–H groups in total. The Kier molecular flexibility index (Phi) is 2.77. The van der Waals surface area contributed by atoms with Gasteiger partial charge in [-0.05, 0) is 18.2 Å². The van der Waals surface area contributed by atoms with E-state index < -0.39 is 0 Å². The van der Waals surface area contributed by atoms with Crippen molar-refractivity contribution in [2.45, 2.75) is 12.8 Å². The second-order valence-electron chi connectivity index (χ2n) is 4.23. The molecule has 2 heterocycles. The summed E-state index contributed by atoms with van der Waals surface area (Å²) in [6.45, 7) is 1.54. The van der Waals surface area contributed by atoms with Gasteiger partial charge in [0, 0.05) is 17.1 Å². The topological polar surface area (TPSA) is 66.5 Å². The van der Waals surface area contributed by atoms with Crippen LogP contribution in [-0.4, -0.2) is 24.1 Å². The highest BCUT2D eigenvalue weighted by Gasteiger charge is 2.18. The van der Waals surface area contributed by atoms with Crippen LogP contribution in [0.1, 0.15) is 0 Å². The maximum atomic E-state index is 11.9. The molecule has 5 nitrogen and oxygen atoms in total. The van der Waals surface area contributed by atoms with Gasteiger partial charge in [-0.3, -0.25) is 4.79 Å². The molecule has 0 saturated carbocycles. The van der Waals surface area contributed by atoms with E-state index in [1.165, 1.54) is 6.07 Å². The molecule has 5 heteroatoms. The molecule has 1 aliphatic heterocycles. The summed E-state index contributed by atoms with van der Waals surface area (Å²) in [5, 5.41) is 0.870. The lowest BCUT2D eigenvalue weighted by Crippen LogP contribution is -2.27. The Bertz CT molecular complexity index is 630. The van der Waals surface area contributed by atoms with E-state index in [2.05, 4.69) is 0 Å². The van der Waals surface area contributed by atoms with Crippen molar-refractivity contribution < 1.29 is 9.47 Å². The van der Waals surface area contributed by atoms with E-state index in [0.29, 0.717) is 25.4 Å². The fourth-order valence-electron chi connectivity index (χ4n) is 2.20. The molecule has 0 radical (unpaired) electrons. The number of nitrogens with zero attached hydrogens (tertiary/aromatic N) is 1. The van der Waals surface area contributed by atoms with Gasteiger partial charge in [0.2, 0.25) is 0 Å². The number of benzene rings is 1. The van der Waals surface area contributed by atoms with Gasteiger partial charge in [-0.1, -0.05) is 6.07 Å². The summed E-state index contributed by atoms with van der Waals surface area (Å²) >= 11 is 0. The maximum absolute atomic E-state index is 11.9. The van der Waals surface area contributed by atoms with Gasteiger partial charge in [-0.15, -0.1) is 0 Å². The lowest BCUT2D eigenvalue weighted by atomic mass is 10.2. The van der Waals surface area contributed by atoms with Crippen LogP contribution in [0.4, 0.5) is 5.69 Å². The largest absolute Gasteiger partial charge is 0.398 e. The number of aromatic nitrogens is 1. The Hall–Kier alpha value is -1.85. The number of hydrogen-bond acceptors (Lipinski definition) is 4. The zero-order valence-electron chi connectivity index (χ0n) is 9.83. The van der Waals surface area contributed by atoms with Gasteiger partial charge in [-0.2, -0.15) is 0 Å². The lowest BCUT2D eigenvalue weighted by molar-refractivity contribution is -0.0522. The molecule has 94 valence electrons. The van der Waals surface area contributed by atoms with Crippen LogP contribution in [-0.2, 0) is 16.0 Å². The number of anilines is 1. The van der Waals surface area contributed by atoms with E-state index in [9.17, 15) is 4.79 Å². The molecule has 0 bridgehead atoms. The van der Waals surface area contributed by atoms with Gasteiger partial charge in [0.05, 0.1) is 25.3 Å². The minimum atomic E-state index is -0.352. The number of hydrogen-bond donors (Lipinski definition) is 1. The first-order chi connectivity index (χ1) is 8.75. The highest BCUT2D eigenvalue weighted by Crippen LogP contribution is 2.19. The van der Waals surface area contributed by atoms with Crippen LogP contribution in [0.2, 0.25) is 0 Å². The van der Waals surface area contributed by atoms with Crippen LogP contribution in [0.5, 0.6) is 0 Å². The molecular weight excluding hydrogens is 232 g/mol. The van der Waals surface area contributed by atoms with Crippen molar-refractivity contribution in [3.05, 3.63) is 40.7 Å². The molecule has 1 aromatic heterocycles. The quantitative estimate of drug-likeness (QED) is 0.801. The van der Waals surface area contributed by atoms with Gasteiger partial charge < -0.3 is 19.8 Å². The summed E-state index contributed by atoms with van der Waals surface area (Å²) in [5.41, 5.74) is 7.30. The number of rotatable bonds is 2. The number of ether oxygens (including phenoxy) is 2. The van der Waals surface area contributed by atoms with Crippen LogP contribution in [0.25, 0.3) is 10.9 Å². The van der Waals surface area contributed by atoms with Crippen molar-refractivity contribution in [1.29, 1.82) is 0 Å². The summed E-state index contributed by atoms with van der Waals surface area (Å²) in [5.74, 6) is 0. The Morgan fingerprint density at radius 2 is 2.00 bits per heavy atom. The van der Waals surface area contributed by atoms with Crippen LogP contribution in [0.3, 0.4) is 0 Å². The summed E-state index contributed by atoms with van der Waals surface area (Å²) in [6, 6.07) is 8.80. The Balaban J connectivity index is 2.11. The third-order valence-electron chi connectivity index (χ3n) is 3.09. The van der Waals surface area contributed by atoms with E-state index in [0.717, 1.165) is 10.9 Å². The number of pyridine rings is 1. The van der Waals surface area contributed by atoms with Gasteiger partial charge in [0.15, 0.2) is 6.29 Å². The Morgan fingerprint density at radius 1 is 1.22 bits per heavy atom. The van der Waals surface area contributed by atoms with Crippen LogP contribution in [0.15, 0.2) is 35.1 Å². The molecule has 2 aromatic rings. The summed E-state index contributed by atoms with van der Waals surface area (Å²) < 4.78 is 12.4. The van der Waals surface area contributed by atoms with E-state index >= 15 is 0 Å². The molecule has 0 spiro atoms. The average molecular weight is 246 g/mol. The van der Waals surface area contributed by atoms with Crippen molar-refractivity contribution in [1.82, 2.24) is 4.57 Å². The predicted octanol–water partition coefficient (Wildman–Crippen LogP) is 0.957. The molecule has 1 fully saturated rings. The molecule has 18 heavy (non-hydrogen) atoms. The molecule has 0 amide bonds. The predicted molar refractivity (Wildman–Crippen MR) is 68.3 cm³/mol. The highest BCUT2D eigenvalue weighted by atomic mass is 16.7. The van der Waals surface area contributed by atoms with Crippen LogP contribution < -0.4 is 11.3 Å². The fourth-order valence-corrected chi connectivity index (χ4v) is 2.20. The zero-order valence-corrected chi connectivity index (χ0v) is 9.83. The second-order valence-corrected chi connectivity index (χ2v) is 4.23. The van der Waals surface area contributed by atoms with Crippen molar-refractivity contribution in [3.8, 4) is 0 Å². The monoisotopic (exact) mass is 246 g/mol. The zero-order chi connectivity index (χ0) is 12.5. The third-order valence-corrected chi connectivity index (χ3v) is 3.09. The first-order valence-electron chi connectivity index (χ1n) is 5.87. The fraction of sp³-hybridized carbons (Fsp3) is 0.308. The molecular formula is C13H14N2O3. The van der Waals surface area contributed by atoms with Crippen molar-refractivity contribution in [3.63, 3.8) is 0 Å². The van der Waals surface area contributed by atoms with Crippen molar-refractivity contribution >= 4 is 16.6 Å². The molecule has 1 aliphatic rings. The first kappa shape index (κ1) is 11.3. The van der Waals surface area contributed by atoms with Gasteiger partial charge >= 0.3 is 0 Å². The van der Waals surface area contributed by atoms with Crippen molar-refractivity contribution in [2.75, 3.05) is 18.9 Å². The number of nitrogens with two attached hydrogens (primary N) is 1. The molecule has 0 aliphatic carbocycles. The summed E-state index contributed by atoms with van der Waals surface area (Å²) in [4.78, 5) is 11.9. The number of nitrogen functional groups attached to an aromatic ring is 1.